The summed E-state index contributed by atoms with van der Waals surface area (Å²) in [5.74, 6) is 0.925. The van der Waals surface area contributed by atoms with Crippen molar-refractivity contribution in [1.82, 2.24) is 15.2 Å². The van der Waals surface area contributed by atoms with Gasteiger partial charge in [-0.3, -0.25) is 15.2 Å². The van der Waals surface area contributed by atoms with E-state index in [1.807, 2.05) is 6.92 Å². The summed E-state index contributed by atoms with van der Waals surface area (Å²) in [6.07, 6.45) is 1.43. The molecule has 0 aliphatic carbocycles. The second-order valence-electron chi connectivity index (χ2n) is 4.11. The molecule has 1 atom stereocenters. The number of H-pyrrole nitrogens is 1. The van der Waals surface area contributed by atoms with Gasteiger partial charge in [-0.1, -0.05) is 0 Å². The SMILES string of the molecule is CCOc1cc(NC(C)c2ncn[nH]2)ccc1[N+](=O)[O-]. The van der Waals surface area contributed by atoms with E-state index in [9.17, 15) is 10.1 Å². The highest BCUT2D eigenvalue weighted by atomic mass is 16.6. The maximum atomic E-state index is 10.9. The molecule has 2 N–H and O–H groups in total. The Labute approximate surface area is 115 Å². The maximum absolute atomic E-state index is 10.9. The molecule has 0 radical (unpaired) electrons. The van der Waals surface area contributed by atoms with Crippen molar-refractivity contribution >= 4 is 11.4 Å². The van der Waals surface area contributed by atoms with E-state index in [1.165, 1.54) is 12.4 Å². The van der Waals surface area contributed by atoms with E-state index in [1.54, 1.807) is 19.1 Å². The van der Waals surface area contributed by atoms with Gasteiger partial charge < -0.3 is 10.1 Å². The van der Waals surface area contributed by atoms with Gasteiger partial charge in [0, 0.05) is 17.8 Å². The van der Waals surface area contributed by atoms with Crippen LogP contribution >= 0.6 is 0 Å². The van der Waals surface area contributed by atoms with E-state index in [-0.39, 0.29) is 17.5 Å². The molecule has 2 rings (SSSR count). The zero-order chi connectivity index (χ0) is 14.5. The number of nitrogens with one attached hydrogen (secondary N) is 2. The Morgan fingerprint density at radius 1 is 1.55 bits per heavy atom. The molecular weight excluding hydrogens is 262 g/mol. The summed E-state index contributed by atoms with van der Waals surface area (Å²) in [6, 6.07) is 4.55. The maximum Gasteiger partial charge on any atom is 0.311 e. The lowest BCUT2D eigenvalue weighted by molar-refractivity contribution is -0.385. The summed E-state index contributed by atoms with van der Waals surface area (Å²) >= 11 is 0. The number of rotatable bonds is 6. The zero-order valence-electron chi connectivity index (χ0n) is 11.2. The molecule has 0 saturated carbocycles. The van der Waals surface area contributed by atoms with Crippen molar-refractivity contribution < 1.29 is 9.66 Å². The average Bonchev–Trinajstić information content (AvgIpc) is 2.93. The van der Waals surface area contributed by atoms with E-state index >= 15 is 0 Å². The van der Waals surface area contributed by atoms with Crippen LogP contribution in [0.5, 0.6) is 5.75 Å². The predicted molar refractivity (Wildman–Crippen MR) is 72.7 cm³/mol. The summed E-state index contributed by atoms with van der Waals surface area (Å²) in [6.45, 7) is 4.05. The van der Waals surface area contributed by atoms with Crippen molar-refractivity contribution in [3.8, 4) is 5.75 Å². The van der Waals surface area contributed by atoms with E-state index < -0.39 is 4.92 Å². The van der Waals surface area contributed by atoms with Gasteiger partial charge in [-0.2, -0.15) is 5.10 Å². The van der Waals surface area contributed by atoms with Crippen LogP contribution in [-0.2, 0) is 0 Å². The van der Waals surface area contributed by atoms with Gasteiger partial charge in [0.05, 0.1) is 17.6 Å². The van der Waals surface area contributed by atoms with Gasteiger partial charge >= 0.3 is 5.69 Å². The predicted octanol–water partition coefficient (Wildman–Crippen LogP) is 2.28. The van der Waals surface area contributed by atoms with Gasteiger partial charge in [0.2, 0.25) is 0 Å². The molecule has 0 spiro atoms. The first kappa shape index (κ1) is 13.8. The first-order valence-corrected chi connectivity index (χ1v) is 6.15. The number of aromatic nitrogens is 3. The molecule has 0 aliphatic rings. The van der Waals surface area contributed by atoms with E-state index in [0.717, 1.165) is 0 Å². The van der Waals surface area contributed by atoms with Crippen LogP contribution in [-0.4, -0.2) is 26.7 Å². The lowest BCUT2D eigenvalue weighted by atomic mass is 10.2. The second-order valence-corrected chi connectivity index (χ2v) is 4.11. The van der Waals surface area contributed by atoms with Gasteiger partial charge in [-0.05, 0) is 19.9 Å². The number of nitrogens with zero attached hydrogens (tertiary/aromatic N) is 3. The monoisotopic (exact) mass is 277 g/mol. The van der Waals surface area contributed by atoms with Gasteiger partial charge in [-0.15, -0.1) is 0 Å². The van der Waals surface area contributed by atoms with E-state index in [2.05, 4.69) is 20.5 Å². The number of hydrogen-bond donors (Lipinski definition) is 2. The van der Waals surface area contributed by atoms with Crippen LogP contribution in [0.1, 0.15) is 25.7 Å². The average molecular weight is 277 g/mol. The van der Waals surface area contributed by atoms with Gasteiger partial charge in [0.15, 0.2) is 5.75 Å². The van der Waals surface area contributed by atoms with Crippen LogP contribution < -0.4 is 10.1 Å². The van der Waals surface area contributed by atoms with Gasteiger partial charge in [-0.25, -0.2) is 4.98 Å². The first-order chi connectivity index (χ1) is 9.61. The molecule has 0 amide bonds. The fraction of sp³-hybridized carbons (Fsp3) is 0.333. The third-order valence-corrected chi connectivity index (χ3v) is 2.68. The van der Waals surface area contributed by atoms with E-state index in [4.69, 9.17) is 4.74 Å². The number of anilines is 1. The van der Waals surface area contributed by atoms with Crippen LogP contribution in [0.3, 0.4) is 0 Å². The molecule has 0 saturated heterocycles. The first-order valence-electron chi connectivity index (χ1n) is 6.15. The fourth-order valence-corrected chi connectivity index (χ4v) is 1.77. The van der Waals surface area contributed by atoms with Crippen molar-refractivity contribution in [3.05, 3.63) is 40.5 Å². The Hall–Kier alpha value is -2.64. The fourth-order valence-electron chi connectivity index (χ4n) is 1.77. The molecule has 1 aromatic heterocycles. The molecule has 106 valence electrons. The second kappa shape index (κ2) is 6.00. The van der Waals surface area contributed by atoms with E-state index in [0.29, 0.717) is 18.1 Å². The number of aromatic amines is 1. The summed E-state index contributed by atoms with van der Waals surface area (Å²) in [5, 5.41) is 20.6. The Bertz CT molecular complexity index is 585. The molecular formula is C12H15N5O3. The van der Waals surface area contributed by atoms with Crippen LogP contribution in [0.15, 0.2) is 24.5 Å². The number of nitro groups is 1. The minimum absolute atomic E-state index is 0.0512. The lowest BCUT2D eigenvalue weighted by Crippen LogP contribution is -2.09. The Morgan fingerprint density at radius 2 is 2.35 bits per heavy atom. The third kappa shape index (κ3) is 3.02. The topological polar surface area (TPSA) is 106 Å². The molecule has 8 nitrogen and oxygen atoms in total. The van der Waals surface area contributed by atoms with Gasteiger partial charge in [0.25, 0.3) is 0 Å². The van der Waals surface area contributed by atoms with Crippen LogP contribution in [0, 0.1) is 10.1 Å². The molecule has 8 heteroatoms. The largest absolute Gasteiger partial charge is 0.487 e. The summed E-state index contributed by atoms with van der Waals surface area (Å²) < 4.78 is 5.29. The van der Waals surface area contributed by atoms with Crippen molar-refractivity contribution in [2.75, 3.05) is 11.9 Å². The molecule has 1 unspecified atom stereocenters. The molecule has 0 fully saturated rings. The van der Waals surface area contributed by atoms with Gasteiger partial charge in [0.1, 0.15) is 12.2 Å². The number of hydrogen-bond acceptors (Lipinski definition) is 6. The van der Waals surface area contributed by atoms with Crippen molar-refractivity contribution in [2.24, 2.45) is 0 Å². The Balaban J connectivity index is 2.20. The smallest absolute Gasteiger partial charge is 0.311 e. The molecule has 20 heavy (non-hydrogen) atoms. The van der Waals surface area contributed by atoms with Crippen LogP contribution in [0.25, 0.3) is 0 Å². The highest BCUT2D eigenvalue weighted by Crippen LogP contribution is 2.31. The quantitative estimate of drug-likeness (QED) is 0.619. The normalized spacial score (nSPS) is 11.9. The minimum Gasteiger partial charge on any atom is -0.487 e. The molecule has 1 aromatic carbocycles. The van der Waals surface area contributed by atoms with Crippen LogP contribution in [0.4, 0.5) is 11.4 Å². The lowest BCUT2D eigenvalue weighted by Gasteiger charge is -2.13. The zero-order valence-corrected chi connectivity index (χ0v) is 11.2. The highest BCUT2D eigenvalue weighted by molar-refractivity contribution is 5.58. The number of benzene rings is 1. The Kier molecular flexibility index (Phi) is 4.14. The van der Waals surface area contributed by atoms with Crippen molar-refractivity contribution in [2.45, 2.75) is 19.9 Å². The van der Waals surface area contributed by atoms with Crippen LogP contribution in [0.2, 0.25) is 0 Å². The molecule has 0 aliphatic heterocycles. The Morgan fingerprint density at radius 3 is 2.95 bits per heavy atom. The summed E-state index contributed by atoms with van der Waals surface area (Å²) in [7, 11) is 0. The van der Waals surface area contributed by atoms with Crippen molar-refractivity contribution in [1.29, 1.82) is 0 Å². The molecule has 2 aromatic rings. The van der Waals surface area contributed by atoms with Crippen molar-refractivity contribution in [3.63, 3.8) is 0 Å². The number of ether oxygens (including phenoxy) is 1. The number of nitro benzene ring substituents is 1. The highest BCUT2D eigenvalue weighted by Gasteiger charge is 2.16. The third-order valence-electron chi connectivity index (χ3n) is 2.68. The summed E-state index contributed by atoms with van der Waals surface area (Å²) in [5.41, 5.74) is 0.660. The minimum atomic E-state index is -0.464. The standard InChI is InChI=1S/C12H15N5O3/c1-3-20-11-6-9(4-5-10(11)17(18)19)15-8(2)12-13-7-14-16-12/h4-8,15H,3H2,1-2H3,(H,13,14,16). The molecule has 1 heterocycles. The molecule has 0 bridgehead atoms. The summed E-state index contributed by atoms with van der Waals surface area (Å²) in [4.78, 5) is 14.5.